The first-order chi connectivity index (χ1) is 6.85. The van der Waals surface area contributed by atoms with E-state index in [2.05, 4.69) is 26.1 Å². The smallest absolute Gasteiger partial charge is 0.147 e. The molecule has 15 heavy (non-hydrogen) atoms. The van der Waals surface area contributed by atoms with Gasteiger partial charge in [-0.3, -0.25) is 0 Å². The Kier molecular flexibility index (Phi) is 7.18. The van der Waals surface area contributed by atoms with Gasteiger partial charge in [-0.1, -0.05) is 27.2 Å². The monoisotopic (exact) mass is 235 g/mol. The van der Waals surface area contributed by atoms with Gasteiger partial charge in [-0.25, -0.2) is 8.42 Å². The SMILES string of the molecule is CCCC(CCS(C)(=O)=O)CNC(C)C. The summed E-state index contributed by atoms with van der Waals surface area (Å²) in [6, 6.07) is 0.475. The van der Waals surface area contributed by atoms with E-state index in [0.29, 0.717) is 17.7 Å². The molecule has 0 radical (unpaired) electrons. The van der Waals surface area contributed by atoms with Crippen molar-refractivity contribution in [3.05, 3.63) is 0 Å². The normalized spacial score (nSPS) is 14.5. The third-order valence-electron chi connectivity index (χ3n) is 2.41. The minimum atomic E-state index is -2.80. The second-order valence-corrected chi connectivity index (χ2v) is 6.90. The Bertz CT molecular complexity index is 247. The first-order valence-corrected chi connectivity index (χ1v) is 7.82. The molecule has 0 aromatic carbocycles. The molecule has 0 rings (SSSR count). The summed E-state index contributed by atoms with van der Waals surface area (Å²) in [6.07, 6.45) is 4.32. The second-order valence-electron chi connectivity index (χ2n) is 4.64. The highest BCUT2D eigenvalue weighted by molar-refractivity contribution is 7.90. The first kappa shape index (κ1) is 14.9. The molecular weight excluding hydrogens is 210 g/mol. The number of rotatable bonds is 8. The van der Waals surface area contributed by atoms with Gasteiger partial charge in [0.2, 0.25) is 0 Å². The molecule has 0 spiro atoms. The Labute approximate surface area is 94.6 Å². The van der Waals surface area contributed by atoms with E-state index in [4.69, 9.17) is 0 Å². The fraction of sp³-hybridized carbons (Fsp3) is 1.00. The minimum absolute atomic E-state index is 0.317. The Hall–Kier alpha value is -0.0900. The molecule has 0 heterocycles. The molecule has 92 valence electrons. The molecule has 0 aliphatic heterocycles. The van der Waals surface area contributed by atoms with Crippen LogP contribution in [0.5, 0.6) is 0 Å². The summed E-state index contributed by atoms with van der Waals surface area (Å²) >= 11 is 0. The van der Waals surface area contributed by atoms with Crippen LogP contribution in [0.15, 0.2) is 0 Å². The molecule has 1 N–H and O–H groups in total. The van der Waals surface area contributed by atoms with E-state index >= 15 is 0 Å². The summed E-state index contributed by atoms with van der Waals surface area (Å²) in [5.41, 5.74) is 0. The molecule has 0 bridgehead atoms. The maximum atomic E-state index is 11.1. The zero-order chi connectivity index (χ0) is 11.9. The van der Waals surface area contributed by atoms with Gasteiger partial charge in [-0.05, 0) is 25.3 Å². The van der Waals surface area contributed by atoms with Gasteiger partial charge < -0.3 is 5.32 Å². The minimum Gasteiger partial charge on any atom is -0.314 e. The molecule has 1 atom stereocenters. The molecule has 0 amide bonds. The van der Waals surface area contributed by atoms with Crippen LogP contribution in [0.25, 0.3) is 0 Å². The van der Waals surface area contributed by atoms with E-state index in [0.717, 1.165) is 25.8 Å². The van der Waals surface area contributed by atoms with E-state index in [-0.39, 0.29) is 0 Å². The molecule has 0 aromatic heterocycles. The quantitative estimate of drug-likeness (QED) is 0.698. The Morgan fingerprint density at radius 3 is 2.20 bits per heavy atom. The van der Waals surface area contributed by atoms with Gasteiger partial charge in [0, 0.05) is 12.3 Å². The van der Waals surface area contributed by atoms with Gasteiger partial charge in [0.15, 0.2) is 0 Å². The van der Waals surface area contributed by atoms with Crippen molar-refractivity contribution in [2.75, 3.05) is 18.6 Å². The zero-order valence-corrected chi connectivity index (χ0v) is 11.2. The van der Waals surface area contributed by atoms with E-state index in [1.54, 1.807) is 0 Å². The van der Waals surface area contributed by atoms with Crippen molar-refractivity contribution in [3.8, 4) is 0 Å². The molecule has 3 nitrogen and oxygen atoms in total. The summed E-state index contributed by atoms with van der Waals surface area (Å²) in [4.78, 5) is 0. The zero-order valence-electron chi connectivity index (χ0n) is 10.4. The molecule has 0 fully saturated rings. The molecule has 0 saturated carbocycles. The molecule has 0 aliphatic carbocycles. The summed E-state index contributed by atoms with van der Waals surface area (Å²) in [5, 5.41) is 3.37. The average molecular weight is 235 g/mol. The Morgan fingerprint density at radius 1 is 1.20 bits per heavy atom. The Morgan fingerprint density at radius 2 is 1.80 bits per heavy atom. The maximum absolute atomic E-state index is 11.1. The van der Waals surface area contributed by atoms with Gasteiger partial charge in [0.05, 0.1) is 5.75 Å². The van der Waals surface area contributed by atoms with Crippen molar-refractivity contribution in [1.82, 2.24) is 5.32 Å². The molecular formula is C11H25NO2S. The van der Waals surface area contributed by atoms with Crippen LogP contribution in [0.4, 0.5) is 0 Å². The van der Waals surface area contributed by atoms with Crippen LogP contribution in [0.2, 0.25) is 0 Å². The fourth-order valence-corrected chi connectivity index (χ4v) is 2.30. The maximum Gasteiger partial charge on any atom is 0.147 e. The van der Waals surface area contributed by atoms with Gasteiger partial charge in [0.25, 0.3) is 0 Å². The molecule has 1 unspecified atom stereocenters. The van der Waals surface area contributed by atoms with Crippen molar-refractivity contribution < 1.29 is 8.42 Å². The largest absolute Gasteiger partial charge is 0.314 e. The van der Waals surface area contributed by atoms with Gasteiger partial charge in [0.1, 0.15) is 9.84 Å². The summed E-state index contributed by atoms with van der Waals surface area (Å²) in [6.45, 7) is 7.29. The number of hydrogen-bond donors (Lipinski definition) is 1. The van der Waals surface area contributed by atoms with Crippen LogP contribution >= 0.6 is 0 Å². The average Bonchev–Trinajstić information content (AvgIpc) is 2.08. The highest BCUT2D eigenvalue weighted by Crippen LogP contribution is 2.11. The van der Waals surface area contributed by atoms with Crippen LogP contribution in [-0.2, 0) is 9.84 Å². The fourth-order valence-electron chi connectivity index (χ4n) is 1.54. The highest BCUT2D eigenvalue weighted by Gasteiger charge is 2.11. The van der Waals surface area contributed by atoms with Gasteiger partial charge in [-0.2, -0.15) is 0 Å². The first-order valence-electron chi connectivity index (χ1n) is 5.76. The predicted octanol–water partition coefficient (Wildman–Crippen LogP) is 1.84. The topological polar surface area (TPSA) is 46.2 Å². The molecule has 0 saturated heterocycles. The number of hydrogen-bond acceptors (Lipinski definition) is 3. The lowest BCUT2D eigenvalue weighted by molar-refractivity contribution is 0.410. The van der Waals surface area contributed by atoms with Crippen molar-refractivity contribution in [1.29, 1.82) is 0 Å². The second kappa shape index (κ2) is 7.23. The van der Waals surface area contributed by atoms with Crippen LogP contribution in [0.3, 0.4) is 0 Å². The van der Waals surface area contributed by atoms with E-state index in [1.165, 1.54) is 6.26 Å². The highest BCUT2D eigenvalue weighted by atomic mass is 32.2. The number of nitrogens with one attached hydrogen (secondary N) is 1. The molecule has 4 heteroatoms. The lowest BCUT2D eigenvalue weighted by atomic mass is 10.0. The van der Waals surface area contributed by atoms with Gasteiger partial charge in [-0.15, -0.1) is 0 Å². The van der Waals surface area contributed by atoms with Crippen LogP contribution < -0.4 is 5.32 Å². The summed E-state index contributed by atoms with van der Waals surface area (Å²) in [7, 11) is -2.80. The Balaban J connectivity index is 3.93. The molecule has 0 aliphatic rings. The standard InChI is InChI=1S/C11H25NO2S/c1-5-6-11(9-12-10(2)3)7-8-15(4,13)14/h10-12H,5-9H2,1-4H3. The predicted molar refractivity (Wildman–Crippen MR) is 65.9 cm³/mol. The lowest BCUT2D eigenvalue weighted by Gasteiger charge is -2.18. The van der Waals surface area contributed by atoms with E-state index in [9.17, 15) is 8.42 Å². The third kappa shape index (κ3) is 10.2. The third-order valence-corrected chi connectivity index (χ3v) is 3.39. The summed E-state index contributed by atoms with van der Waals surface area (Å²) in [5.74, 6) is 0.810. The van der Waals surface area contributed by atoms with Crippen molar-refractivity contribution in [3.63, 3.8) is 0 Å². The van der Waals surface area contributed by atoms with Crippen LogP contribution in [0.1, 0.15) is 40.0 Å². The van der Waals surface area contributed by atoms with Gasteiger partial charge >= 0.3 is 0 Å². The number of sulfone groups is 1. The van der Waals surface area contributed by atoms with Crippen LogP contribution in [-0.4, -0.2) is 33.0 Å². The van der Waals surface area contributed by atoms with E-state index < -0.39 is 9.84 Å². The van der Waals surface area contributed by atoms with Crippen LogP contribution in [0, 0.1) is 5.92 Å². The van der Waals surface area contributed by atoms with Crippen molar-refractivity contribution in [2.24, 2.45) is 5.92 Å². The van der Waals surface area contributed by atoms with Crippen molar-refractivity contribution >= 4 is 9.84 Å². The van der Waals surface area contributed by atoms with Crippen molar-refractivity contribution in [2.45, 2.75) is 46.1 Å². The summed E-state index contributed by atoms with van der Waals surface area (Å²) < 4.78 is 22.1. The lowest BCUT2D eigenvalue weighted by Crippen LogP contribution is -2.29. The molecule has 0 aromatic rings. The van der Waals surface area contributed by atoms with E-state index in [1.807, 2.05) is 0 Å².